The van der Waals surface area contributed by atoms with Crippen molar-refractivity contribution < 1.29 is 4.79 Å². The summed E-state index contributed by atoms with van der Waals surface area (Å²) in [5.74, 6) is 2.12. The zero-order valence-electron chi connectivity index (χ0n) is 14.6. The van der Waals surface area contributed by atoms with E-state index in [-0.39, 0.29) is 11.9 Å². The van der Waals surface area contributed by atoms with Gasteiger partial charge in [-0.1, -0.05) is 29.3 Å². The molecule has 2 aliphatic carbocycles. The molecular formula is C19H23ClN4O. The Balaban J connectivity index is 1.49. The largest absolute Gasteiger partial charge is 0.348 e. The third kappa shape index (κ3) is 3.06. The van der Waals surface area contributed by atoms with E-state index in [4.69, 9.17) is 11.6 Å². The van der Waals surface area contributed by atoms with Crippen LogP contribution in [0.2, 0.25) is 5.02 Å². The van der Waals surface area contributed by atoms with Gasteiger partial charge in [-0.2, -0.15) is 0 Å². The molecule has 4 atom stereocenters. The number of aromatic nitrogens is 3. The van der Waals surface area contributed by atoms with Crippen molar-refractivity contribution in [2.45, 2.75) is 45.6 Å². The van der Waals surface area contributed by atoms with Crippen LogP contribution >= 0.6 is 11.6 Å². The fraction of sp³-hybridized carbons (Fsp3) is 0.526. The molecular weight excluding hydrogens is 336 g/mol. The summed E-state index contributed by atoms with van der Waals surface area (Å²) in [6.07, 6.45) is 5.28. The molecule has 5 nitrogen and oxygen atoms in total. The average molecular weight is 359 g/mol. The number of halogens is 1. The lowest BCUT2D eigenvalue weighted by Gasteiger charge is -2.28. The first kappa shape index (κ1) is 16.6. The normalized spacial score (nSPS) is 26.0. The molecule has 2 aliphatic rings. The number of rotatable bonds is 4. The van der Waals surface area contributed by atoms with Crippen LogP contribution in [-0.2, 0) is 0 Å². The molecule has 0 saturated heterocycles. The van der Waals surface area contributed by atoms with Crippen LogP contribution in [0.1, 0.15) is 48.8 Å². The van der Waals surface area contributed by atoms with Gasteiger partial charge in [-0.15, -0.1) is 5.10 Å². The standard InChI is InChI=1S/C19H23ClN4O/c1-11(17-9-13-6-7-14(17)8-13)21-19(25)18-12(2)24(23-22-18)16-5-3-4-15(20)10-16/h3-5,10-11,13-14,17H,6-9H2,1-2H3,(H,21,25). The lowest BCUT2D eigenvalue weighted by molar-refractivity contribution is 0.0909. The molecule has 1 aromatic heterocycles. The minimum atomic E-state index is -0.138. The smallest absolute Gasteiger partial charge is 0.273 e. The maximum absolute atomic E-state index is 12.7. The van der Waals surface area contributed by atoms with Crippen molar-refractivity contribution in [1.29, 1.82) is 0 Å². The van der Waals surface area contributed by atoms with Gasteiger partial charge in [-0.25, -0.2) is 4.68 Å². The van der Waals surface area contributed by atoms with Crippen molar-refractivity contribution in [3.05, 3.63) is 40.7 Å². The van der Waals surface area contributed by atoms with Gasteiger partial charge in [-0.05, 0) is 69.1 Å². The van der Waals surface area contributed by atoms with Gasteiger partial charge in [0.2, 0.25) is 0 Å². The van der Waals surface area contributed by atoms with Crippen LogP contribution in [0.15, 0.2) is 24.3 Å². The van der Waals surface area contributed by atoms with Gasteiger partial charge < -0.3 is 5.32 Å². The highest BCUT2D eigenvalue weighted by atomic mass is 35.5. The minimum Gasteiger partial charge on any atom is -0.348 e. The Labute approximate surface area is 152 Å². The second-order valence-electron chi connectivity index (χ2n) is 7.52. The van der Waals surface area contributed by atoms with Crippen molar-refractivity contribution in [2.24, 2.45) is 17.8 Å². The highest BCUT2D eigenvalue weighted by Gasteiger charge is 2.42. The first-order chi connectivity index (χ1) is 12.0. The first-order valence-electron chi connectivity index (χ1n) is 9.02. The molecule has 0 spiro atoms. The van der Waals surface area contributed by atoms with Gasteiger partial charge in [0.05, 0.1) is 11.4 Å². The summed E-state index contributed by atoms with van der Waals surface area (Å²) in [5.41, 5.74) is 1.91. The van der Waals surface area contributed by atoms with Crippen LogP contribution in [0, 0.1) is 24.7 Å². The van der Waals surface area contributed by atoms with E-state index in [1.165, 1.54) is 25.7 Å². The maximum Gasteiger partial charge on any atom is 0.273 e. The topological polar surface area (TPSA) is 59.8 Å². The summed E-state index contributed by atoms with van der Waals surface area (Å²) in [5, 5.41) is 12.0. The van der Waals surface area contributed by atoms with Gasteiger partial charge in [-0.3, -0.25) is 4.79 Å². The van der Waals surface area contributed by atoms with Gasteiger partial charge in [0.15, 0.2) is 5.69 Å². The van der Waals surface area contributed by atoms with Crippen LogP contribution < -0.4 is 5.32 Å². The Bertz CT molecular complexity index is 802. The Morgan fingerprint density at radius 3 is 2.88 bits per heavy atom. The molecule has 25 heavy (non-hydrogen) atoms. The van der Waals surface area contributed by atoms with Gasteiger partial charge in [0.1, 0.15) is 0 Å². The van der Waals surface area contributed by atoms with Crippen molar-refractivity contribution in [3.8, 4) is 5.69 Å². The van der Waals surface area contributed by atoms with Crippen LogP contribution in [-0.4, -0.2) is 26.9 Å². The number of nitrogens with one attached hydrogen (secondary N) is 1. The average Bonchev–Trinajstić information content (AvgIpc) is 3.29. The predicted octanol–water partition coefficient (Wildman–Crippen LogP) is 3.78. The number of carbonyl (C=O) groups is 1. The SMILES string of the molecule is Cc1c(C(=O)NC(C)C2CC3CCC2C3)nnn1-c1cccc(Cl)c1. The van der Waals surface area contributed by atoms with Crippen molar-refractivity contribution in [3.63, 3.8) is 0 Å². The number of hydrogen-bond donors (Lipinski definition) is 1. The Morgan fingerprint density at radius 1 is 1.36 bits per heavy atom. The quantitative estimate of drug-likeness (QED) is 0.904. The molecule has 0 aliphatic heterocycles. The fourth-order valence-corrected chi connectivity index (χ4v) is 4.87. The van der Waals surface area contributed by atoms with E-state index < -0.39 is 0 Å². The van der Waals surface area contributed by atoms with Crippen molar-refractivity contribution >= 4 is 17.5 Å². The molecule has 2 bridgehead atoms. The van der Waals surface area contributed by atoms with E-state index in [1.54, 1.807) is 4.68 Å². The van der Waals surface area contributed by atoms with Crippen LogP contribution in [0.4, 0.5) is 0 Å². The zero-order chi connectivity index (χ0) is 17.6. The Hall–Kier alpha value is -1.88. The molecule has 4 unspecified atom stereocenters. The van der Waals surface area contributed by atoms with Crippen molar-refractivity contribution in [2.75, 3.05) is 0 Å². The minimum absolute atomic E-state index is 0.138. The van der Waals surface area contributed by atoms with E-state index in [1.807, 2.05) is 31.2 Å². The molecule has 1 N–H and O–H groups in total. The molecule has 1 aromatic carbocycles. The number of amides is 1. The summed E-state index contributed by atoms with van der Waals surface area (Å²) >= 11 is 6.05. The molecule has 6 heteroatoms. The lowest BCUT2D eigenvalue weighted by atomic mass is 9.84. The van der Waals surface area contributed by atoms with Gasteiger partial charge in [0.25, 0.3) is 5.91 Å². The van der Waals surface area contributed by atoms with Crippen LogP contribution in [0.5, 0.6) is 0 Å². The summed E-state index contributed by atoms with van der Waals surface area (Å²) in [6, 6.07) is 7.55. The molecule has 2 saturated carbocycles. The summed E-state index contributed by atoms with van der Waals surface area (Å²) in [7, 11) is 0. The molecule has 4 rings (SSSR count). The van der Waals surface area contributed by atoms with E-state index in [9.17, 15) is 4.79 Å². The lowest BCUT2D eigenvalue weighted by Crippen LogP contribution is -2.40. The number of nitrogens with zero attached hydrogens (tertiary/aromatic N) is 3. The summed E-state index contributed by atoms with van der Waals surface area (Å²) in [6.45, 7) is 3.98. The van der Waals surface area contributed by atoms with Crippen LogP contribution in [0.25, 0.3) is 5.69 Å². The van der Waals surface area contributed by atoms with E-state index in [0.29, 0.717) is 16.6 Å². The first-order valence-corrected chi connectivity index (χ1v) is 9.40. The Morgan fingerprint density at radius 2 is 2.20 bits per heavy atom. The molecule has 1 amide bonds. The number of benzene rings is 1. The van der Waals surface area contributed by atoms with Crippen molar-refractivity contribution in [1.82, 2.24) is 20.3 Å². The number of carbonyl (C=O) groups excluding carboxylic acids is 1. The highest BCUT2D eigenvalue weighted by molar-refractivity contribution is 6.30. The molecule has 2 fully saturated rings. The van der Waals surface area contributed by atoms with Crippen LogP contribution in [0.3, 0.4) is 0 Å². The number of hydrogen-bond acceptors (Lipinski definition) is 3. The molecule has 132 valence electrons. The summed E-state index contributed by atoms with van der Waals surface area (Å²) in [4.78, 5) is 12.7. The second kappa shape index (κ2) is 6.45. The molecule has 0 radical (unpaired) electrons. The van der Waals surface area contributed by atoms with E-state index >= 15 is 0 Å². The molecule has 1 heterocycles. The monoisotopic (exact) mass is 358 g/mol. The van der Waals surface area contributed by atoms with E-state index in [2.05, 4.69) is 22.6 Å². The van der Waals surface area contributed by atoms with Gasteiger partial charge in [0, 0.05) is 11.1 Å². The number of fused-ring (bicyclic) bond motifs is 2. The van der Waals surface area contributed by atoms with E-state index in [0.717, 1.165) is 23.2 Å². The third-order valence-electron chi connectivity index (χ3n) is 5.96. The summed E-state index contributed by atoms with van der Waals surface area (Å²) < 4.78 is 1.66. The molecule has 2 aromatic rings. The highest BCUT2D eigenvalue weighted by Crippen LogP contribution is 2.49. The zero-order valence-corrected chi connectivity index (χ0v) is 15.3. The predicted molar refractivity (Wildman–Crippen MR) is 97.0 cm³/mol. The third-order valence-corrected chi connectivity index (χ3v) is 6.19. The van der Waals surface area contributed by atoms with Gasteiger partial charge >= 0.3 is 0 Å². The Kier molecular flexibility index (Phi) is 4.28. The second-order valence-corrected chi connectivity index (χ2v) is 7.95. The fourth-order valence-electron chi connectivity index (χ4n) is 4.68. The maximum atomic E-state index is 12.7.